The normalized spacial score (nSPS) is 20.2. The molecule has 1 saturated carbocycles. The van der Waals surface area contributed by atoms with Gasteiger partial charge < -0.3 is 25.4 Å². The van der Waals surface area contributed by atoms with E-state index in [1.54, 1.807) is 19.1 Å². The van der Waals surface area contributed by atoms with Gasteiger partial charge in [-0.15, -0.1) is 0 Å². The van der Waals surface area contributed by atoms with Crippen molar-refractivity contribution in [1.29, 1.82) is 0 Å². The number of carboxylic acids is 2. The molecule has 35 heavy (non-hydrogen) atoms. The van der Waals surface area contributed by atoms with E-state index in [0.717, 1.165) is 11.3 Å². The number of carbonyl (C=O) groups is 3. The summed E-state index contributed by atoms with van der Waals surface area (Å²) in [6.45, 7) is 2.98. The number of fused-ring (bicyclic) bond motifs is 1. The van der Waals surface area contributed by atoms with Crippen LogP contribution in [-0.4, -0.2) is 57.2 Å². The van der Waals surface area contributed by atoms with Gasteiger partial charge in [-0.2, -0.15) is 0 Å². The summed E-state index contributed by atoms with van der Waals surface area (Å²) in [4.78, 5) is 45.3. The Bertz CT molecular complexity index is 1350. The molecule has 1 unspecified atom stereocenters. The predicted octanol–water partition coefficient (Wildman–Crippen LogP) is 1.02. The molecule has 176 valence electrons. The van der Waals surface area contributed by atoms with Crippen LogP contribution < -0.4 is 29.1 Å². The summed E-state index contributed by atoms with van der Waals surface area (Å²) < 4.78 is 0. The number of aryl methyl sites for hydroxylation is 1. The second-order valence-electron chi connectivity index (χ2n) is 8.35. The summed E-state index contributed by atoms with van der Waals surface area (Å²) in [5, 5.41) is 23.0. The molecular weight excluding hydrogens is 510 g/mol. The largest absolute Gasteiger partial charge is 1.00 e. The topological polar surface area (TPSA) is 136 Å². The zero-order valence-corrected chi connectivity index (χ0v) is 21.0. The first-order valence-electron chi connectivity index (χ1n) is 10.3. The molecular formula is C22H18Cl2LiN4O5S+. The maximum absolute atomic E-state index is 12.6. The van der Waals surface area contributed by atoms with Crippen molar-refractivity contribution in [1.82, 2.24) is 15.3 Å². The number of H-pyrrole nitrogens is 1. The van der Waals surface area contributed by atoms with Gasteiger partial charge >= 0.3 is 30.8 Å². The van der Waals surface area contributed by atoms with E-state index >= 15 is 0 Å². The number of amides is 1. The van der Waals surface area contributed by atoms with Crippen molar-refractivity contribution in [2.45, 2.75) is 13.0 Å². The molecule has 0 radical (unpaired) electrons. The molecule has 2 aromatic heterocycles. The molecule has 4 N–H and O–H groups in total. The Balaban J connectivity index is 0.00000289. The van der Waals surface area contributed by atoms with E-state index < -0.39 is 11.9 Å². The van der Waals surface area contributed by atoms with E-state index in [0.29, 0.717) is 34.5 Å². The Morgan fingerprint density at radius 3 is 2.40 bits per heavy atom. The van der Waals surface area contributed by atoms with Crippen LogP contribution in [0.3, 0.4) is 0 Å². The van der Waals surface area contributed by atoms with Gasteiger partial charge in [0.25, 0.3) is 5.91 Å². The van der Waals surface area contributed by atoms with Gasteiger partial charge in [0.1, 0.15) is 10.6 Å². The number of carbonyl (C=O) groups excluding carboxylic acids is 1. The van der Waals surface area contributed by atoms with Crippen LogP contribution in [0.5, 0.6) is 0 Å². The summed E-state index contributed by atoms with van der Waals surface area (Å²) in [6.07, 6.45) is 0. The minimum atomic E-state index is -1.12. The minimum absolute atomic E-state index is 0. The third kappa shape index (κ3) is 4.57. The van der Waals surface area contributed by atoms with Crippen LogP contribution in [-0.2, 0) is 0 Å². The zero-order chi connectivity index (χ0) is 24.3. The third-order valence-electron chi connectivity index (χ3n) is 6.24. The van der Waals surface area contributed by atoms with Crippen LogP contribution in [0.1, 0.15) is 36.2 Å². The number of benzene rings is 1. The van der Waals surface area contributed by atoms with Gasteiger partial charge in [0.15, 0.2) is 5.13 Å². The van der Waals surface area contributed by atoms with Crippen molar-refractivity contribution >= 4 is 57.5 Å². The summed E-state index contributed by atoms with van der Waals surface area (Å²) in [6, 6.07) is 6.06. The number of thiazole rings is 1. The van der Waals surface area contributed by atoms with E-state index in [1.165, 1.54) is 12.1 Å². The average molecular weight is 528 g/mol. The predicted molar refractivity (Wildman–Crippen MR) is 127 cm³/mol. The van der Waals surface area contributed by atoms with Crippen LogP contribution in [0.4, 0.5) is 5.13 Å². The van der Waals surface area contributed by atoms with Gasteiger partial charge in [-0.3, -0.25) is 4.79 Å². The van der Waals surface area contributed by atoms with Gasteiger partial charge in [0.2, 0.25) is 0 Å². The second-order valence-corrected chi connectivity index (χ2v) is 10.1. The number of nitrogens with zero attached hydrogens (tertiary/aromatic N) is 2. The van der Waals surface area contributed by atoms with E-state index in [4.69, 9.17) is 23.2 Å². The Morgan fingerprint density at radius 2 is 1.83 bits per heavy atom. The molecule has 3 atom stereocenters. The van der Waals surface area contributed by atoms with E-state index in [2.05, 4.69) is 15.3 Å². The molecule has 2 fully saturated rings. The molecule has 1 aliphatic heterocycles. The van der Waals surface area contributed by atoms with Crippen molar-refractivity contribution < 1.29 is 43.5 Å². The fourth-order valence-electron chi connectivity index (χ4n) is 4.43. The number of aromatic carboxylic acids is 2. The number of rotatable bonds is 6. The maximum Gasteiger partial charge on any atom is 1.00 e. The Morgan fingerprint density at radius 1 is 1.14 bits per heavy atom. The molecule has 3 heterocycles. The molecule has 0 bridgehead atoms. The molecule has 1 aromatic carbocycles. The van der Waals surface area contributed by atoms with Gasteiger partial charge in [-0.1, -0.05) is 46.7 Å². The van der Waals surface area contributed by atoms with Crippen LogP contribution in [0.25, 0.3) is 11.3 Å². The van der Waals surface area contributed by atoms with Crippen LogP contribution in [0.15, 0.2) is 24.3 Å². The smallest absolute Gasteiger partial charge is 0.478 e. The summed E-state index contributed by atoms with van der Waals surface area (Å²) in [5.41, 5.74) is 1.61. The number of hydrogen-bond donors (Lipinski definition) is 4. The van der Waals surface area contributed by atoms with E-state index in [-0.39, 0.29) is 69.5 Å². The van der Waals surface area contributed by atoms with E-state index in [9.17, 15) is 24.6 Å². The molecule has 5 rings (SSSR count). The Kier molecular flexibility index (Phi) is 6.97. The number of aromatic amines is 1. The number of nitrogens with one attached hydrogen (secondary N) is 2. The van der Waals surface area contributed by atoms with Gasteiger partial charge in [0.05, 0.1) is 21.3 Å². The van der Waals surface area contributed by atoms with Crippen LogP contribution in [0.2, 0.25) is 10.0 Å². The Labute approximate surface area is 225 Å². The first-order valence-corrected chi connectivity index (χ1v) is 11.9. The van der Waals surface area contributed by atoms with Gasteiger partial charge in [0, 0.05) is 42.2 Å². The number of hydrogen-bond acceptors (Lipinski definition) is 6. The first kappa shape index (κ1) is 25.6. The van der Waals surface area contributed by atoms with Crippen molar-refractivity contribution in [3.8, 4) is 11.3 Å². The molecule has 0 spiro atoms. The SMILES string of the molecule is Cc1[nH]c(C(=O)NC2[C@H]3CN(c4nc(-c5cccc(C(=O)O)c5)c(C(=O)O)s4)C[C@@H]23)c(Cl)c1Cl.[Li+]. The fourth-order valence-corrected chi connectivity index (χ4v) is 5.79. The molecule has 3 aromatic rings. The molecule has 13 heteroatoms. The summed E-state index contributed by atoms with van der Waals surface area (Å²) in [5.74, 6) is -2.10. The second kappa shape index (κ2) is 9.52. The number of carboxylic acid groups (broad SMARTS) is 2. The maximum atomic E-state index is 12.6. The van der Waals surface area contributed by atoms with Gasteiger partial charge in [-0.05, 0) is 19.1 Å². The van der Waals surface area contributed by atoms with Crippen LogP contribution >= 0.6 is 34.5 Å². The van der Waals surface area contributed by atoms with Crippen LogP contribution in [0, 0.1) is 18.8 Å². The summed E-state index contributed by atoms with van der Waals surface area (Å²) in [7, 11) is 0. The van der Waals surface area contributed by atoms with Crippen molar-refractivity contribution in [2.24, 2.45) is 11.8 Å². The molecule has 1 amide bonds. The monoisotopic (exact) mass is 527 g/mol. The number of anilines is 1. The van der Waals surface area contributed by atoms with Gasteiger partial charge in [-0.25, -0.2) is 14.6 Å². The number of piperidine rings is 1. The number of halogens is 2. The van der Waals surface area contributed by atoms with Crippen molar-refractivity contribution in [3.05, 3.63) is 56.1 Å². The number of aromatic nitrogens is 2. The van der Waals surface area contributed by atoms with Crippen molar-refractivity contribution in [3.63, 3.8) is 0 Å². The average Bonchev–Trinajstić information content (AvgIpc) is 3.19. The summed E-state index contributed by atoms with van der Waals surface area (Å²) >= 11 is 13.3. The molecule has 1 saturated heterocycles. The third-order valence-corrected chi connectivity index (χ3v) is 8.29. The minimum Gasteiger partial charge on any atom is -0.478 e. The van der Waals surface area contributed by atoms with Crippen molar-refractivity contribution in [2.75, 3.05) is 18.0 Å². The van der Waals surface area contributed by atoms with E-state index in [1.807, 2.05) is 4.90 Å². The quantitative estimate of drug-likeness (QED) is 0.351. The molecule has 9 nitrogen and oxygen atoms in total. The fraction of sp³-hybridized carbons (Fsp3) is 0.273. The first-order chi connectivity index (χ1) is 16.2. The standard InChI is InChI=1S/C22H18Cl2N4O5S.Li/c1-8-13(23)14(24)17(25-8)19(29)26-16-11-6-28(7-12(11)16)22-27-15(18(34-22)21(32)33)9-3-2-4-10(5-9)20(30)31;/h2-5,11-12,16,25H,6-7H2,1H3,(H,26,29)(H,30,31)(H,32,33);/q;+1/t11-,12+,16?;. The zero-order valence-electron chi connectivity index (χ0n) is 18.6. The Hall–Kier alpha value is -2.48. The molecule has 1 aliphatic carbocycles. The molecule has 2 aliphatic rings.